The summed E-state index contributed by atoms with van der Waals surface area (Å²) in [5, 5.41) is 0. The highest BCUT2D eigenvalue weighted by Gasteiger charge is 2.26. The topological polar surface area (TPSA) is 37.4 Å². The van der Waals surface area contributed by atoms with E-state index in [1.54, 1.807) is 60.7 Å². The van der Waals surface area contributed by atoms with Gasteiger partial charge in [-0.2, -0.15) is 0 Å². The Kier molecular flexibility index (Phi) is 5.09. The van der Waals surface area contributed by atoms with Gasteiger partial charge in [-0.25, -0.2) is 12.8 Å². The van der Waals surface area contributed by atoms with E-state index in [1.165, 1.54) is 10.4 Å². The molecular formula is C21H20FNO2S. The van der Waals surface area contributed by atoms with Gasteiger partial charge in [0.05, 0.1) is 17.1 Å². The zero-order chi connectivity index (χ0) is 18.7. The van der Waals surface area contributed by atoms with Crippen LogP contribution >= 0.6 is 0 Å². The van der Waals surface area contributed by atoms with E-state index in [1.807, 2.05) is 19.9 Å². The van der Waals surface area contributed by atoms with Crippen LogP contribution in [0.25, 0.3) is 0 Å². The number of hydrogen-bond acceptors (Lipinski definition) is 2. The molecule has 3 nitrogen and oxygen atoms in total. The molecule has 0 bridgehead atoms. The predicted octanol–water partition coefficient (Wildman–Crippen LogP) is 4.84. The van der Waals surface area contributed by atoms with E-state index in [0.717, 1.165) is 11.1 Å². The zero-order valence-electron chi connectivity index (χ0n) is 14.7. The van der Waals surface area contributed by atoms with Crippen LogP contribution in [0.15, 0.2) is 77.7 Å². The average molecular weight is 369 g/mol. The summed E-state index contributed by atoms with van der Waals surface area (Å²) >= 11 is 0. The van der Waals surface area contributed by atoms with Crippen molar-refractivity contribution in [3.63, 3.8) is 0 Å². The number of halogens is 1. The smallest absolute Gasteiger partial charge is 0.262 e. The molecule has 0 spiro atoms. The number of rotatable bonds is 5. The molecule has 0 saturated heterocycles. The monoisotopic (exact) mass is 369 g/mol. The number of anilines is 1. The second-order valence-corrected chi connectivity index (χ2v) is 8.12. The fourth-order valence-corrected chi connectivity index (χ4v) is 4.36. The van der Waals surface area contributed by atoms with Crippen molar-refractivity contribution >= 4 is 15.7 Å². The molecule has 0 radical (unpaired) electrons. The van der Waals surface area contributed by atoms with Crippen LogP contribution in [0.3, 0.4) is 0 Å². The summed E-state index contributed by atoms with van der Waals surface area (Å²) in [6.45, 7) is 3.74. The Balaban J connectivity index is 2.14. The molecule has 0 atom stereocenters. The van der Waals surface area contributed by atoms with Gasteiger partial charge < -0.3 is 0 Å². The van der Waals surface area contributed by atoms with Crippen LogP contribution in [0.2, 0.25) is 0 Å². The first-order chi connectivity index (χ1) is 12.4. The summed E-state index contributed by atoms with van der Waals surface area (Å²) in [4.78, 5) is 0.176. The third kappa shape index (κ3) is 3.78. The molecule has 3 aromatic rings. The summed E-state index contributed by atoms with van der Waals surface area (Å²) in [5.41, 5.74) is 2.74. The molecule has 0 aliphatic carbocycles. The maximum Gasteiger partial charge on any atom is 0.264 e. The maximum absolute atomic E-state index is 14.2. The van der Waals surface area contributed by atoms with Crippen molar-refractivity contribution < 1.29 is 12.8 Å². The maximum atomic E-state index is 14.2. The molecule has 0 aliphatic heterocycles. The first-order valence-corrected chi connectivity index (χ1v) is 9.71. The zero-order valence-corrected chi connectivity index (χ0v) is 15.5. The van der Waals surface area contributed by atoms with Gasteiger partial charge in [0.2, 0.25) is 0 Å². The minimum absolute atomic E-state index is 0.0766. The molecule has 0 unspecified atom stereocenters. The second kappa shape index (κ2) is 7.30. The summed E-state index contributed by atoms with van der Waals surface area (Å²) in [6.07, 6.45) is 0. The SMILES string of the molecule is Cc1cc(C)cc(N(Cc2ccccc2F)S(=O)(=O)c2ccccc2)c1. The second-order valence-electron chi connectivity index (χ2n) is 6.26. The van der Waals surface area contributed by atoms with Crippen molar-refractivity contribution in [1.82, 2.24) is 0 Å². The van der Waals surface area contributed by atoms with E-state index in [2.05, 4.69) is 0 Å². The standard InChI is InChI=1S/C21H20FNO2S/c1-16-12-17(2)14-19(13-16)23(15-18-8-6-7-11-21(18)22)26(24,25)20-9-4-3-5-10-20/h3-14H,15H2,1-2H3. The number of nitrogens with zero attached hydrogens (tertiary/aromatic N) is 1. The van der Waals surface area contributed by atoms with Crippen molar-refractivity contribution in [1.29, 1.82) is 0 Å². The van der Waals surface area contributed by atoms with Gasteiger partial charge in [-0.15, -0.1) is 0 Å². The fourth-order valence-electron chi connectivity index (χ4n) is 2.91. The van der Waals surface area contributed by atoms with Gasteiger partial charge in [0.1, 0.15) is 5.82 Å². The molecule has 3 aromatic carbocycles. The molecule has 0 amide bonds. The van der Waals surface area contributed by atoms with Gasteiger partial charge in [0.15, 0.2) is 0 Å². The minimum Gasteiger partial charge on any atom is -0.262 e. The normalized spacial score (nSPS) is 11.3. The highest BCUT2D eigenvalue weighted by molar-refractivity contribution is 7.92. The molecule has 0 saturated carbocycles. The molecule has 26 heavy (non-hydrogen) atoms. The number of benzene rings is 3. The molecule has 0 aromatic heterocycles. The van der Waals surface area contributed by atoms with Crippen LogP contribution < -0.4 is 4.31 Å². The number of aryl methyl sites for hydroxylation is 2. The molecule has 0 N–H and O–H groups in total. The van der Waals surface area contributed by atoms with Crippen LogP contribution in [0, 0.1) is 19.7 Å². The van der Waals surface area contributed by atoms with Crippen LogP contribution in [0.5, 0.6) is 0 Å². The Morgan fingerprint density at radius 3 is 2.04 bits per heavy atom. The van der Waals surface area contributed by atoms with E-state index in [0.29, 0.717) is 11.3 Å². The highest BCUT2D eigenvalue weighted by Crippen LogP contribution is 2.28. The van der Waals surface area contributed by atoms with E-state index >= 15 is 0 Å². The fraction of sp³-hybridized carbons (Fsp3) is 0.143. The molecule has 0 aliphatic rings. The molecular weight excluding hydrogens is 349 g/mol. The van der Waals surface area contributed by atoms with Gasteiger partial charge in [0, 0.05) is 5.56 Å². The van der Waals surface area contributed by atoms with Crippen molar-refractivity contribution in [2.45, 2.75) is 25.3 Å². The molecule has 3 rings (SSSR count). The first kappa shape index (κ1) is 18.1. The van der Waals surface area contributed by atoms with Gasteiger partial charge in [-0.3, -0.25) is 4.31 Å². The van der Waals surface area contributed by atoms with Crippen LogP contribution in [-0.2, 0) is 16.6 Å². The molecule has 134 valence electrons. The van der Waals surface area contributed by atoms with Crippen LogP contribution in [-0.4, -0.2) is 8.42 Å². The molecule has 0 fully saturated rings. The Bertz CT molecular complexity index is 997. The summed E-state index contributed by atoms with van der Waals surface area (Å²) in [5.74, 6) is -0.426. The van der Waals surface area contributed by atoms with E-state index < -0.39 is 15.8 Å². The Morgan fingerprint density at radius 1 is 0.846 bits per heavy atom. The predicted molar refractivity (Wildman–Crippen MR) is 102 cm³/mol. The number of sulfonamides is 1. The first-order valence-electron chi connectivity index (χ1n) is 8.27. The van der Waals surface area contributed by atoms with E-state index in [9.17, 15) is 12.8 Å². The van der Waals surface area contributed by atoms with Crippen molar-refractivity contribution in [3.05, 3.63) is 95.3 Å². The Labute approximate surface area is 153 Å². The average Bonchev–Trinajstić information content (AvgIpc) is 2.60. The molecule has 5 heteroatoms. The van der Waals surface area contributed by atoms with Crippen molar-refractivity contribution in [2.24, 2.45) is 0 Å². The Hall–Kier alpha value is -2.66. The van der Waals surface area contributed by atoms with Crippen molar-refractivity contribution in [2.75, 3.05) is 4.31 Å². The van der Waals surface area contributed by atoms with Gasteiger partial charge >= 0.3 is 0 Å². The third-order valence-corrected chi connectivity index (χ3v) is 5.89. The van der Waals surface area contributed by atoms with Gasteiger partial charge in [-0.05, 0) is 55.3 Å². The van der Waals surface area contributed by atoms with Gasteiger partial charge in [-0.1, -0.05) is 42.5 Å². The number of hydrogen-bond donors (Lipinski definition) is 0. The largest absolute Gasteiger partial charge is 0.264 e. The van der Waals surface area contributed by atoms with Crippen LogP contribution in [0.4, 0.5) is 10.1 Å². The lowest BCUT2D eigenvalue weighted by Crippen LogP contribution is -2.31. The van der Waals surface area contributed by atoms with E-state index in [4.69, 9.17) is 0 Å². The van der Waals surface area contributed by atoms with Gasteiger partial charge in [0.25, 0.3) is 10.0 Å². The lowest BCUT2D eigenvalue weighted by molar-refractivity contribution is 0.585. The lowest BCUT2D eigenvalue weighted by atomic mass is 10.1. The third-order valence-electron chi connectivity index (χ3n) is 4.10. The highest BCUT2D eigenvalue weighted by atomic mass is 32.2. The van der Waals surface area contributed by atoms with Crippen LogP contribution in [0.1, 0.15) is 16.7 Å². The summed E-state index contributed by atoms with van der Waals surface area (Å²) in [6, 6.07) is 20.0. The summed E-state index contributed by atoms with van der Waals surface area (Å²) in [7, 11) is -3.84. The van der Waals surface area contributed by atoms with E-state index in [-0.39, 0.29) is 11.4 Å². The summed E-state index contributed by atoms with van der Waals surface area (Å²) < 4.78 is 42.0. The quantitative estimate of drug-likeness (QED) is 0.645. The minimum atomic E-state index is -3.84. The molecule has 0 heterocycles. The Morgan fingerprint density at radius 2 is 1.42 bits per heavy atom. The lowest BCUT2D eigenvalue weighted by Gasteiger charge is -2.25. The van der Waals surface area contributed by atoms with Crippen molar-refractivity contribution in [3.8, 4) is 0 Å².